The number of aliphatic hydroxyl groups excluding tert-OH is 1. The third-order valence-corrected chi connectivity index (χ3v) is 6.12. The van der Waals surface area contributed by atoms with Crippen molar-refractivity contribution in [2.75, 3.05) is 24.6 Å². The van der Waals surface area contributed by atoms with Crippen molar-refractivity contribution >= 4 is 11.7 Å². The van der Waals surface area contributed by atoms with Crippen LogP contribution in [0.3, 0.4) is 0 Å². The van der Waals surface area contributed by atoms with Crippen LogP contribution in [0.15, 0.2) is 12.3 Å². The van der Waals surface area contributed by atoms with Crippen LogP contribution in [-0.2, 0) is 6.18 Å². The standard InChI is InChI=1S/C21H32F3N5O2/c1-13(25)27-20(31)17-9-15(21(22,23)24)10-26-19(17)29-8-7-18(14(11-29)12-30)28-16-5-3-2-4-6-16/h9-10,13-14,16,18,28,30H,2-8,11-12,25H2,1H3,(H,27,31). The van der Waals surface area contributed by atoms with E-state index in [1.54, 1.807) is 4.90 Å². The Hall–Kier alpha value is -1.91. The number of amides is 1. The smallest absolute Gasteiger partial charge is 0.396 e. The zero-order chi connectivity index (χ0) is 22.6. The Balaban J connectivity index is 1.80. The summed E-state index contributed by atoms with van der Waals surface area (Å²) in [6.07, 6.45) is 2.04. The molecule has 1 saturated heterocycles. The van der Waals surface area contributed by atoms with Crippen LogP contribution >= 0.6 is 0 Å². The summed E-state index contributed by atoms with van der Waals surface area (Å²) in [5, 5.41) is 16.1. The van der Waals surface area contributed by atoms with E-state index in [0.717, 1.165) is 25.1 Å². The van der Waals surface area contributed by atoms with Gasteiger partial charge in [0, 0.05) is 43.9 Å². The highest BCUT2D eigenvalue weighted by Crippen LogP contribution is 2.33. The lowest BCUT2D eigenvalue weighted by Crippen LogP contribution is -2.54. The number of carbonyl (C=O) groups is 1. The second-order valence-electron chi connectivity index (χ2n) is 8.64. The minimum absolute atomic E-state index is 0.0527. The molecule has 174 valence electrons. The highest BCUT2D eigenvalue weighted by Gasteiger charge is 2.36. The van der Waals surface area contributed by atoms with Crippen LogP contribution in [0.5, 0.6) is 0 Å². The fourth-order valence-electron chi connectivity index (χ4n) is 4.52. The van der Waals surface area contributed by atoms with Crippen molar-refractivity contribution in [2.45, 2.75) is 69.9 Å². The molecule has 1 amide bonds. The van der Waals surface area contributed by atoms with Gasteiger partial charge in [0.15, 0.2) is 0 Å². The molecular formula is C21H32F3N5O2. The number of rotatable bonds is 6. The maximum atomic E-state index is 13.2. The molecule has 1 aliphatic carbocycles. The van der Waals surface area contributed by atoms with Crippen LogP contribution in [0.25, 0.3) is 0 Å². The average Bonchev–Trinajstić information content (AvgIpc) is 2.73. The molecule has 7 nitrogen and oxygen atoms in total. The predicted molar refractivity (Wildman–Crippen MR) is 112 cm³/mol. The van der Waals surface area contributed by atoms with Gasteiger partial charge in [0.2, 0.25) is 0 Å². The van der Waals surface area contributed by atoms with Crippen molar-refractivity contribution in [3.63, 3.8) is 0 Å². The molecule has 3 rings (SSSR count). The van der Waals surface area contributed by atoms with E-state index in [9.17, 15) is 23.1 Å². The van der Waals surface area contributed by atoms with Crippen LogP contribution < -0.4 is 21.3 Å². The van der Waals surface area contributed by atoms with E-state index in [4.69, 9.17) is 5.73 Å². The van der Waals surface area contributed by atoms with E-state index in [-0.39, 0.29) is 29.9 Å². The van der Waals surface area contributed by atoms with Crippen molar-refractivity contribution in [3.8, 4) is 0 Å². The lowest BCUT2D eigenvalue weighted by atomic mass is 9.89. The molecular weight excluding hydrogens is 411 g/mol. The van der Waals surface area contributed by atoms with Gasteiger partial charge in [0.1, 0.15) is 5.82 Å². The van der Waals surface area contributed by atoms with Gasteiger partial charge >= 0.3 is 6.18 Å². The van der Waals surface area contributed by atoms with Gasteiger partial charge in [-0.15, -0.1) is 0 Å². The van der Waals surface area contributed by atoms with Crippen molar-refractivity contribution < 1.29 is 23.1 Å². The first-order chi connectivity index (χ1) is 14.7. The number of hydrogen-bond acceptors (Lipinski definition) is 6. The van der Waals surface area contributed by atoms with Gasteiger partial charge in [0.05, 0.1) is 17.3 Å². The van der Waals surface area contributed by atoms with E-state index in [2.05, 4.69) is 15.6 Å². The van der Waals surface area contributed by atoms with E-state index < -0.39 is 23.8 Å². The van der Waals surface area contributed by atoms with Gasteiger partial charge in [-0.05, 0) is 32.3 Å². The normalized spacial score (nSPS) is 24.1. The Morgan fingerprint density at radius 1 is 1.32 bits per heavy atom. The van der Waals surface area contributed by atoms with E-state index in [0.29, 0.717) is 25.6 Å². The SMILES string of the molecule is CC(N)NC(=O)c1cc(C(F)(F)F)cnc1N1CCC(NC2CCCCC2)C(CO)C1. The third kappa shape index (κ3) is 6.08. The molecule has 0 bridgehead atoms. The summed E-state index contributed by atoms with van der Waals surface area (Å²) in [7, 11) is 0. The molecule has 0 aromatic carbocycles. The molecule has 1 aromatic rings. The van der Waals surface area contributed by atoms with Crippen LogP contribution in [0.4, 0.5) is 19.0 Å². The third-order valence-electron chi connectivity index (χ3n) is 6.12. The number of alkyl halides is 3. The molecule has 2 heterocycles. The predicted octanol–water partition coefficient (Wildman–Crippen LogP) is 2.24. The number of nitrogens with two attached hydrogens (primary N) is 1. The first-order valence-electron chi connectivity index (χ1n) is 10.9. The first-order valence-corrected chi connectivity index (χ1v) is 10.9. The fraction of sp³-hybridized carbons (Fsp3) is 0.714. The molecule has 2 fully saturated rings. The number of hydrogen-bond donors (Lipinski definition) is 4. The largest absolute Gasteiger partial charge is 0.417 e. The van der Waals surface area contributed by atoms with Gasteiger partial charge in [-0.2, -0.15) is 13.2 Å². The van der Waals surface area contributed by atoms with Gasteiger partial charge < -0.3 is 26.4 Å². The summed E-state index contributed by atoms with van der Waals surface area (Å²) < 4.78 is 39.6. The number of nitrogens with one attached hydrogen (secondary N) is 2. The molecule has 5 N–H and O–H groups in total. The van der Waals surface area contributed by atoms with Crippen LogP contribution in [0.2, 0.25) is 0 Å². The monoisotopic (exact) mass is 443 g/mol. The molecule has 1 aromatic heterocycles. The number of aromatic nitrogens is 1. The van der Waals surface area contributed by atoms with Gasteiger partial charge in [0.25, 0.3) is 5.91 Å². The maximum Gasteiger partial charge on any atom is 0.417 e. The highest BCUT2D eigenvalue weighted by atomic mass is 19.4. The number of nitrogens with zero attached hydrogens (tertiary/aromatic N) is 2. The molecule has 1 saturated carbocycles. The molecule has 3 unspecified atom stereocenters. The summed E-state index contributed by atoms with van der Waals surface area (Å²) in [4.78, 5) is 18.4. The summed E-state index contributed by atoms with van der Waals surface area (Å²) in [6.45, 7) is 2.40. The van der Waals surface area contributed by atoms with Crippen molar-refractivity contribution in [1.82, 2.24) is 15.6 Å². The van der Waals surface area contributed by atoms with E-state index in [1.807, 2.05) is 0 Å². The molecule has 3 atom stereocenters. The number of aliphatic hydroxyl groups is 1. The van der Waals surface area contributed by atoms with Gasteiger partial charge in [-0.3, -0.25) is 4.79 Å². The number of pyridine rings is 1. The van der Waals surface area contributed by atoms with Gasteiger partial charge in [-0.1, -0.05) is 19.3 Å². The van der Waals surface area contributed by atoms with Crippen molar-refractivity contribution in [1.29, 1.82) is 0 Å². The van der Waals surface area contributed by atoms with Crippen molar-refractivity contribution in [3.05, 3.63) is 23.4 Å². The van der Waals surface area contributed by atoms with Crippen LogP contribution in [0.1, 0.15) is 61.4 Å². The Kier molecular flexibility index (Phi) is 7.77. The van der Waals surface area contributed by atoms with Crippen LogP contribution in [-0.4, -0.2) is 53.9 Å². The minimum Gasteiger partial charge on any atom is -0.396 e. The zero-order valence-electron chi connectivity index (χ0n) is 17.8. The molecule has 10 heteroatoms. The average molecular weight is 444 g/mol. The van der Waals surface area contributed by atoms with Crippen LogP contribution in [0, 0.1) is 5.92 Å². The second kappa shape index (κ2) is 10.1. The molecule has 0 radical (unpaired) electrons. The Bertz CT molecular complexity index is 753. The second-order valence-corrected chi connectivity index (χ2v) is 8.64. The number of anilines is 1. The van der Waals surface area contributed by atoms with E-state index >= 15 is 0 Å². The lowest BCUT2D eigenvalue weighted by molar-refractivity contribution is -0.137. The summed E-state index contributed by atoms with van der Waals surface area (Å²) in [6, 6.07) is 1.39. The number of piperidine rings is 1. The molecule has 0 spiro atoms. The zero-order valence-corrected chi connectivity index (χ0v) is 17.8. The summed E-state index contributed by atoms with van der Waals surface area (Å²) in [5.41, 5.74) is 4.45. The van der Waals surface area contributed by atoms with Crippen molar-refractivity contribution in [2.24, 2.45) is 11.7 Å². The molecule has 2 aliphatic rings. The lowest BCUT2D eigenvalue weighted by Gasteiger charge is -2.41. The maximum absolute atomic E-state index is 13.2. The first kappa shape index (κ1) is 23.7. The quantitative estimate of drug-likeness (QED) is 0.503. The Morgan fingerprint density at radius 3 is 2.65 bits per heavy atom. The van der Waals surface area contributed by atoms with E-state index in [1.165, 1.54) is 26.2 Å². The topological polar surface area (TPSA) is 104 Å². The fourth-order valence-corrected chi connectivity index (χ4v) is 4.52. The number of carbonyl (C=O) groups excluding carboxylic acids is 1. The Morgan fingerprint density at radius 2 is 2.03 bits per heavy atom. The highest BCUT2D eigenvalue weighted by molar-refractivity contribution is 5.99. The van der Waals surface area contributed by atoms with Gasteiger partial charge in [-0.25, -0.2) is 4.98 Å². The Labute approximate surface area is 180 Å². The summed E-state index contributed by atoms with van der Waals surface area (Å²) >= 11 is 0. The molecule has 1 aliphatic heterocycles. The molecule has 31 heavy (non-hydrogen) atoms. The summed E-state index contributed by atoms with van der Waals surface area (Å²) in [5.74, 6) is -0.628. The minimum atomic E-state index is -4.61. The number of halogens is 3.